The van der Waals surface area contributed by atoms with E-state index < -0.39 is 0 Å². The van der Waals surface area contributed by atoms with Gasteiger partial charge in [-0.05, 0) is 48.9 Å². The van der Waals surface area contributed by atoms with Crippen LogP contribution >= 0.6 is 11.8 Å². The van der Waals surface area contributed by atoms with Crippen molar-refractivity contribution in [2.24, 2.45) is 12.8 Å². The van der Waals surface area contributed by atoms with E-state index in [1.54, 1.807) is 0 Å². The van der Waals surface area contributed by atoms with E-state index in [0.29, 0.717) is 0 Å². The number of fused-ring (bicyclic) bond motifs is 1. The SMILES string of the molecule is CCC(N)C(Sc1ccc2c(c1)CCC2)c1cnn(C)c1. The molecule has 2 unspecified atom stereocenters. The van der Waals surface area contributed by atoms with Crippen molar-refractivity contribution in [1.29, 1.82) is 0 Å². The van der Waals surface area contributed by atoms with Crippen LogP contribution in [0.5, 0.6) is 0 Å². The van der Waals surface area contributed by atoms with E-state index in [-0.39, 0.29) is 11.3 Å². The molecule has 0 aliphatic heterocycles. The van der Waals surface area contributed by atoms with Crippen LogP contribution in [-0.4, -0.2) is 15.8 Å². The van der Waals surface area contributed by atoms with Crippen molar-refractivity contribution in [3.63, 3.8) is 0 Å². The molecule has 112 valence electrons. The van der Waals surface area contributed by atoms with Crippen LogP contribution in [0.3, 0.4) is 0 Å². The first-order chi connectivity index (χ1) is 10.2. The smallest absolute Gasteiger partial charge is 0.0533 e. The van der Waals surface area contributed by atoms with Crippen molar-refractivity contribution < 1.29 is 0 Å². The minimum Gasteiger partial charge on any atom is -0.326 e. The zero-order valence-corrected chi connectivity index (χ0v) is 13.6. The molecule has 0 fully saturated rings. The fraction of sp³-hybridized carbons (Fsp3) is 0.471. The highest BCUT2D eigenvalue weighted by molar-refractivity contribution is 7.99. The number of aromatic nitrogens is 2. The van der Waals surface area contributed by atoms with Crippen molar-refractivity contribution in [2.45, 2.75) is 48.8 Å². The number of benzene rings is 1. The van der Waals surface area contributed by atoms with Crippen LogP contribution in [0.2, 0.25) is 0 Å². The number of thioether (sulfide) groups is 1. The van der Waals surface area contributed by atoms with Crippen molar-refractivity contribution >= 4 is 11.8 Å². The van der Waals surface area contributed by atoms with Crippen molar-refractivity contribution in [1.82, 2.24) is 9.78 Å². The number of nitrogens with zero attached hydrogens (tertiary/aromatic N) is 2. The van der Waals surface area contributed by atoms with Crippen LogP contribution < -0.4 is 5.73 Å². The normalized spacial score (nSPS) is 16.7. The molecule has 4 heteroatoms. The molecule has 0 bridgehead atoms. The molecule has 0 spiro atoms. The summed E-state index contributed by atoms with van der Waals surface area (Å²) in [6, 6.07) is 7.05. The van der Waals surface area contributed by atoms with Gasteiger partial charge in [-0.3, -0.25) is 4.68 Å². The molecule has 0 saturated carbocycles. The van der Waals surface area contributed by atoms with Crippen LogP contribution in [-0.2, 0) is 19.9 Å². The molecule has 2 aromatic rings. The second-order valence-corrected chi connectivity index (χ2v) is 7.06. The molecule has 2 atom stereocenters. The molecular weight excluding hydrogens is 278 g/mol. The highest BCUT2D eigenvalue weighted by atomic mass is 32.2. The summed E-state index contributed by atoms with van der Waals surface area (Å²) in [5, 5.41) is 4.57. The number of hydrogen-bond donors (Lipinski definition) is 1. The topological polar surface area (TPSA) is 43.8 Å². The summed E-state index contributed by atoms with van der Waals surface area (Å²) in [6.07, 6.45) is 8.75. The lowest BCUT2D eigenvalue weighted by atomic mass is 10.1. The van der Waals surface area contributed by atoms with Gasteiger partial charge in [-0.2, -0.15) is 5.10 Å². The van der Waals surface area contributed by atoms with Gasteiger partial charge in [0.15, 0.2) is 0 Å². The van der Waals surface area contributed by atoms with Gasteiger partial charge in [-0.1, -0.05) is 13.0 Å². The fourth-order valence-electron chi connectivity index (χ4n) is 2.97. The Morgan fingerprint density at radius 2 is 2.14 bits per heavy atom. The summed E-state index contributed by atoms with van der Waals surface area (Å²) >= 11 is 1.88. The Kier molecular flexibility index (Phi) is 4.36. The van der Waals surface area contributed by atoms with Crippen LogP contribution in [0.1, 0.15) is 41.7 Å². The molecular formula is C17H23N3S. The number of aryl methyl sites for hydroxylation is 3. The van der Waals surface area contributed by atoms with Crippen LogP contribution in [0.15, 0.2) is 35.5 Å². The Labute approximate surface area is 130 Å². The van der Waals surface area contributed by atoms with Gasteiger partial charge in [0.2, 0.25) is 0 Å². The lowest BCUT2D eigenvalue weighted by Gasteiger charge is -2.21. The molecule has 2 N–H and O–H groups in total. The largest absolute Gasteiger partial charge is 0.326 e. The van der Waals surface area contributed by atoms with Gasteiger partial charge >= 0.3 is 0 Å². The highest BCUT2D eigenvalue weighted by Crippen LogP contribution is 2.39. The van der Waals surface area contributed by atoms with E-state index in [1.165, 1.54) is 40.8 Å². The number of nitrogens with two attached hydrogens (primary N) is 1. The molecule has 1 heterocycles. The van der Waals surface area contributed by atoms with E-state index in [9.17, 15) is 0 Å². The Morgan fingerprint density at radius 3 is 2.86 bits per heavy atom. The molecule has 0 radical (unpaired) electrons. The van der Waals surface area contributed by atoms with Gasteiger partial charge in [0.1, 0.15) is 0 Å². The minimum absolute atomic E-state index is 0.146. The molecule has 0 amide bonds. The molecule has 3 nitrogen and oxygen atoms in total. The van der Waals surface area contributed by atoms with Crippen molar-refractivity contribution in [3.05, 3.63) is 47.3 Å². The van der Waals surface area contributed by atoms with Gasteiger partial charge in [-0.25, -0.2) is 0 Å². The van der Waals surface area contributed by atoms with Crippen LogP contribution in [0.25, 0.3) is 0 Å². The zero-order chi connectivity index (χ0) is 14.8. The Morgan fingerprint density at radius 1 is 1.33 bits per heavy atom. The summed E-state index contributed by atoms with van der Waals surface area (Å²) in [7, 11) is 1.96. The van der Waals surface area contributed by atoms with E-state index in [1.807, 2.05) is 29.7 Å². The predicted molar refractivity (Wildman–Crippen MR) is 88.5 cm³/mol. The number of hydrogen-bond acceptors (Lipinski definition) is 3. The second-order valence-electron chi connectivity index (χ2n) is 5.84. The van der Waals surface area contributed by atoms with Crippen LogP contribution in [0.4, 0.5) is 0 Å². The third kappa shape index (κ3) is 3.16. The quantitative estimate of drug-likeness (QED) is 0.860. The maximum Gasteiger partial charge on any atom is 0.0533 e. The molecule has 3 rings (SSSR count). The first kappa shape index (κ1) is 14.7. The molecule has 1 aromatic heterocycles. The van der Waals surface area contributed by atoms with E-state index in [0.717, 1.165) is 6.42 Å². The Balaban J connectivity index is 1.84. The summed E-state index contributed by atoms with van der Waals surface area (Å²) in [5.41, 5.74) is 10.6. The summed E-state index contributed by atoms with van der Waals surface area (Å²) in [4.78, 5) is 1.33. The minimum atomic E-state index is 0.146. The van der Waals surface area contributed by atoms with Crippen molar-refractivity contribution in [3.8, 4) is 0 Å². The fourth-order valence-corrected chi connectivity index (χ4v) is 4.25. The second kappa shape index (κ2) is 6.24. The molecule has 1 aliphatic rings. The lowest BCUT2D eigenvalue weighted by Crippen LogP contribution is -2.25. The maximum atomic E-state index is 6.36. The predicted octanol–water partition coefficient (Wildman–Crippen LogP) is 3.48. The van der Waals surface area contributed by atoms with Gasteiger partial charge in [-0.15, -0.1) is 11.8 Å². The van der Waals surface area contributed by atoms with E-state index >= 15 is 0 Å². The first-order valence-electron chi connectivity index (χ1n) is 7.70. The lowest BCUT2D eigenvalue weighted by molar-refractivity contribution is 0.633. The molecule has 21 heavy (non-hydrogen) atoms. The highest BCUT2D eigenvalue weighted by Gasteiger charge is 2.22. The third-order valence-electron chi connectivity index (χ3n) is 4.25. The van der Waals surface area contributed by atoms with Crippen LogP contribution in [0, 0.1) is 0 Å². The standard InChI is InChI=1S/C17H23N3S/c1-3-16(18)17(14-10-19-20(2)11-14)21-15-8-7-12-5-4-6-13(12)9-15/h7-11,16-17H,3-6,18H2,1-2H3. The summed E-state index contributed by atoms with van der Waals surface area (Å²) < 4.78 is 1.86. The van der Waals surface area contributed by atoms with Gasteiger partial charge in [0.25, 0.3) is 0 Å². The average Bonchev–Trinajstić information content (AvgIpc) is 3.12. The zero-order valence-electron chi connectivity index (χ0n) is 12.7. The molecule has 0 saturated heterocycles. The third-order valence-corrected chi connectivity index (χ3v) is 5.65. The molecule has 1 aromatic carbocycles. The molecule has 1 aliphatic carbocycles. The Hall–Kier alpha value is -1.26. The monoisotopic (exact) mass is 301 g/mol. The van der Waals surface area contributed by atoms with Gasteiger partial charge < -0.3 is 5.73 Å². The van der Waals surface area contributed by atoms with Gasteiger partial charge in [0.05, 0.1) is 11.4 Å². The van der Waals surface area contributed by atoms with Crippen molar-refractivity contribution in [2.75, 3.05) is 0 Å². The average molecular weight is 301 g/mol. The summed E-state index contributed by atoms with van der Waals surface area (Å²) in [6.45, 7) is 2.15. The van der Waals surface area contributed by atoms with E-state index in [2.05, 4.69) is 36.4 Å². The number of rotatable bonds is 5. The van der Waals surface area contributed by atoms with Gasteiger partial charge in [0, 0.05) is 29.7 Å². The maximum absolute atomic E-state index is 6.36. The van der Waals surface area contributed by atoms with E-state index in [4.69, 9.17) is 5.73 Å². The first-order valence-corrected chi connectivity index (χ1v) is 8.58. The summed E-state index contributed by atoms with van der Waals surface area (Å²) in [5.74, 6) is 0. The Bertz CT molecular complexity index is 620.